The molecule has 1 amide bonds. The zero-order chi connectivity index (χ0) is 28.5. The number of amides is 1. The van der Waals surface area contributed by atoms with Crippen molar-refractivity contribution in [2.45, 2.75) is 26.9 Å². The van der Waals surface area contributed by atoms with E-state index in [-0.39, 0.29) is 19.0 Å². The Morgan fingerprint density at radius 2 is 1.85 bits per heavy atom. The van der Waals surface area contributed by atoms with Crippen LogP contribution in [0.1, 0.15) is 38.8 Å². The molecule has 1 N–H and O–H groups in total. The number of furan rings is 1. The Hall–Kier alpha value is -5.16. The van der Waals surface area contributed by atoms with Gasteiger partial charge in [0.1, 0.15) is 24.7 Å². The molecule has 0 saturated carbocycles. The van der Waals surface area contributed by atoms with Gasteiger partial charge in [-0.15, -0.1) is 13.0 Å². The molecule has 0 radical (unpaired) electrons. The smallest absolute Gasteiger partial charge is 0.307 e. The van der Waals surface area contributed by atoms with Crippen molar-refractivity contribution in [3.8, 4) is 35.3 Å². The second kappa shape index (κ2) is 13.1. The monoisotopic (exact) mass is 537 g/mol. The summed E-state index contributed by atoms with van der Waals surface area (Å²) < 4.78 is 24.8. The van der Waals surface area contributed by atoms with Crippen LogP contribution in [0.3, 0.4) is 0 Å². The zero-order valence-electron chi connectivity index (χ0n) is 22.8. The zero-order valence-corrected chi connectivity index (χ0v) is 22.8. The highest BCUT2D eigenvalue weighted by atomic mass is 16.5. The minimum absolute atomic E-state index is 0.111. The number of hydrogen-bond acceptors (Lipinski definition) is 6. The van der Waals surface area contributed by atoms with Crippen molar-refractivity contribution in [1.82, 2.24) is 9.99 Å². The standard InChI is InChI=1S/C32H31N3O5/c1-6-8-25-18-24(19-30(37-5)31(25)38-17-7-2)20-33-34-32(36)29-16-15-28(40-29)21-39-27-13-11-26(12-14-27)35-22(3)9-10-23(35)4/h2,6,9-16,18-20H,1,8,17,21H2,3-5H3,(H,34,36)/b33-20+. The third kappa shape index (κ3) is 6.63. The number of benzene rings is 2. The molecule has 0 saturated heterocycles. The first-order valence-electron chi connectivity index (χ1n) is 12.6. The number of rotatable bonds is 12. The SMILES string of the molecule is C#CCOc1c(CC=C)cc(/C=N/NC(=O)c2ccc(COc3ccc(-n4c(C)ccc4C)cc3)o2)cc1OC. The summed E-state index contributed by atoms with van der Waals surface area (Å²) in [6, 6.07) is 18.9. The van der Waals surface area contributed by atoms with Gasteiger partial charge in [-0.3, -0.25) is 4.79 Å². The number of methoxy groups -OCH3 is 1. The van der Waals surface area contributed by atoms with Crippen molar-refractivity contribution in [2.24, 2.45) is 5.10 Å². The van der Waals surface area contributed by atoms with Crippen LogP contribution in [0.5, 0.6) is 17.2 Å². The molecule has 0 spiro atoms. The Kier molecular flexibility index (Phi) is 9.11. The molecular weight excluding hydrogens is 506 g/mol. The number of nitrogens with one attached hydrogen (secondary N) is 1. The Bertz CT molecular complexity index is 1530. The summed E-state index contributed by atoms with van der Waals surface area (Å²) in [5, 5.41) is 4.06. The van der Waals surface area contributed by atoms with Crippen molar-refractivity contribution < 1.29 is 23.4 Å². The molecule has 2 heterocycles. The molecule has 0 fully saturated rings. The highest BCUT2D eigenvalue weighted by Crippen LogP contribution is 2.33. The maximum atomic E-state index is 12.6. The Balaban J connectivity index is 1.35. The van der Waals surface area contributed by atoms with Gasteiger partial charge in [0.05, 0.1) is 13.3 Å². The molecule has 8 heteroatoms. The Morgan fingerprint density at radius 3 is 2.52 bits per heavy atom. The average Bonchev–Trinajstić information content (AvgIpc) is 3.57. The fraction of sp³-hybridized carbons (Fsp3) is 0.188. The number of terminal acetylenes is 1. The minimum Gasteiger partial charge on any atom is -0.493 e. The number of hydrogen-bond donors (Lipinski definition) is 1. The lowest BCUT2D eigenvalue weighted by atomic mass is 10.1. The molecule has 0 aliphatic rings. The average molecular weight is 538 g/mol. The molecule has 0 aliphatic carbocycles. The van der Waals surface area contributed by atoms with E-state index in [1.165, 1.54) is 13.3 Å². The number of aromatic nitrogens is 1. The second-order valence-corrected chi connectivity index (χ2v) is 8.90. The molecule has 204 valence electrons. The summed E-state index contributed by atoms with van der Waals surface area (Å²) in [6.07, 6.45) is 9.12. The predicted molar refractivity (Wildman–Crippen MR) is 155 cm³/mol. The van der Waals surface area contributed by atoms with Crippen LogP contribution in [0, 0.1) is 26.2 Å². The van der Waals surface area contributed by atoms with E-state index in [1.54, 1.807) is 24.3 Å². The van der Waals surface area contributed by atoms with Crippen LogP contribution in [0.2, 0.25) is 0 Å². The number of hydrazone groups is 1. The quantitative estimate of drug-likeness (QED) is 0.107. The van der Waals surface area contributed by atoms with Crippen molar-refractivity contribution in [3.05, 3.63) is 107 Å². The summed E-state index contributed by atoms with van der Waals surface area (Å²) in [6.45, 7) is 8.21. The van der Waals surface area contributed by atoms with E-state index in [9.17, 15) is 4.79 Å². The lowest BCUT2D eigenvalue weighted by Gasteiger charge is -2.14. The lowest BCUT2D eigenvalue weighted by molar-refractivity contribution is 0.0923. The Morgan fingerprint density at radius 1 is 1.10 bits per heavy atom. The number of allylic oxidation sites excluding steroid dienone is 1. The van der Waals surface area contributed by atoms with Crippen molar-refractivity contribution in [2.75, 3.05) is 13.7 Å². The third-order valence-electron chi connectivity index (χ3n) is 6.05. The topological polar surface area (TPSA) is 87.2 Å². The van der Waals surface area contributed by atoms with Gasteiger partial charge >= 0.3 is 5.91 Å². The van der Waals surface area contributed by atoms with Crippen molar-refractivity contribution in [1.29, 1.82) is 0 Å². The maximum absolute atomic E-state index is 12.6. The number of aryl methyl sites for hydroxylation is 2. The van der Waals surface area contributed by atoms with E-state index >= 15 is 0 Å². The highest BCUT2D eigenvalue weighted by Gasteiger charge is 2.13. The first-order valence-corrected chi connectivity index (χ1v) is 12.6. The van der Waals surface area contributed by atoms with Gasteiger partial charge in [-0.2, -0.15) is 5.10 Å². The fourth-order valence-corrected chi connectivity index (χ4v) is 4.21. The first kappa shape index (κ1) is 27.9. The van der Waals surface area contributed by atoms with E-state index in [2.05, 4.69) is 53.6 Å². The van der Waals surface area contributed by atoms with Gasteiger partial charge < -0.3 is 23.2 Å². The fourth-order valence-electron chi connectivity index (χ4n) is 4.21. The van der Waals surface area contributed by atoms with Gasteiger partial charge in [0, 0.05) is 22.6 Å². The number of ether oxygens (including phenoxy) is 3. The lowest BCUT2D eigenvalue weighted by Crippen LogP contribution is -2.16. The van der Waals surface area contributed by atoms with Gasteiger partial charge in [0.25, 0.3) is 0 Å². The molecule has 4 aromatic rings. The summed E-state index contributed by atoms with van der Waals surface area (Å²) in [4.78, 5) is 12.6. The molecule has 40 heavy (non-hydrogen) atoms. The van der Waals surface area contributed by atoms with Crippen molar-refractivity contribution in [3.63, 3.8) is 0 Å². The number of carbonyl (C=O) groups excluding carboxylic acids is 1. The normalized spacial score (nSPS) is 10.8. The molecule has 8 nitrogen and oxygen atoms in total. The van der Waals surface area contributed by atoms with Crippen LogP contribution in [0.25, 0.3) is 5.69 Å². The first-order chi connectivity index (χ1) is 19.4. The molecule has 2 aromatic heterocycles. The van der Waals surface area contributed by atoms with Crippen molar-refractivity contribution >= 4 is 12.1 Å². The van der Waals surface area contributed by atoms with Crippen LogP contribution in [0.15, 0.2) is 82.8 Å². The molecule has 0 atom stereocenters. The van der Waals surface area contributed by atoms with Crippen LogP contribution in [0.4, 0.5) is 0 Å². The summed E-state index contributed by atoms with van der Waals surface area (Å²) in [5.74, 6) is 4.33. The van der Waals surface area contributed by atoms with Gasteiger partial charge in [0.15, 0.2) is 17.3 Å². The minimum atomic E-state index is -0.489. The van der Waals surface area contributed by atoms with Crippen LogP contribution in [-0.4, -0.2) is 30.4 Å². The van der Waals surface area contributed by atoms with Gasteiger partial charge in [0.2, 0.25) is 0 Å². The summed E-state index contributed by atoms with van der Waals surface area (Å²) >= 11 is 0. The van der Waals surface area contributed by atoms with E-state index < -0.39 is 5.91 Å². The van der Waals surface area contributed by atoms with E-state index in [0.29, 0.717) is 35.0 Å². The summed E-state index contributed by atoms with van der Waals surface area (Å²) in [5.41, 5.74) is 7.40. The maximum Gasteiger partial charge on any atom is 0.307 e. The van der Waals surface area contributed by atoms with Gasteiger partial charge in [-0.25, -0.2) is 5.43 Å². The second-order valence-electron chi connectivity index (χ2n) is 8.90. The van der Waals surface area contributed by atoms with Gasteiger partial charge in [-0.05, 0) is 86.5 Å². The van der Waals surface area contributed by atoms with Crippen LogP contribution in [-0.2, 0) is 13.0 Å². The molecule has 4 rings (SSSR count). The molecule has 0 aliphatic heterocycles. The van der Waals surface area contributed by atoms with Gasteiger partial charge in [-0.1, -0.05) is 12.0 Å². The molecular formula is C32H31N3O5. The predicted octanol–water partition coefficient (Wildman–Crippen LogP) is 5.78. The molecule has 0 bridgehead atoms. The largest absolute Gasteiger partial charge is 0.493 e. The van der Waals surface area contributed by atoms with Crippen LogP contribution < -0.4 is 19.6 Å². The molecule has 2 aromatic carbocycles. The molecule has 0 unspecified atom stereocenters. The highest BCUT2D eigenvalue weighted by molar-refractivity contribution is 5.92. The summed E-state index contributed by atoms with van der Waals surface area (Å²) in [7, 11) is 1.54. The number of nitrogens with zero attached hydrogens (tertiary/aromatic N) is 2. The number of carbonyl (C=O) groups is 1. The van der Waals surface area contributed by atoms with Crippen LogP contribution >= 0.6 is 0 Å². The van der Waals surface area contributed by atoms with E-state index in [1.807, 2.05) is 30.3 Å². The third-order valence-corrected chi connectivity index (χ3v) is 6.05. The van der Waals surface area contributed by atoms with E-state index in [4.69, 9.17) is 25.1 Å². The Labute approximate surface area is 233 Å². The van der Waals surface area contributed by atoms with E-state index in [0.717, 1.165) is 22.6 Å².